The Morgan fingerprint density at radius 2 is 1.67 bits per heavy atom. The van der Waals surface area contributed by atoms with Crippen LogP contribution in [0.3, 0.4) is 0 Å². The molecule has 0 aromatic heterocycles. The van der Waals surface area contributed by atoms with Crippen LogP contribution in [0.5, 0.6) is 0 Å². The zero-order chi connectivity index (χ0) is 19.1. The highest BCUT2D eigenvalue weighted by molar-refractivity contribution is 8.19. The molecule has 0 bridgehead atoms. The zero-order valence-corrected chi connectivity index (χ0v) is 17.7. The van der Waals surface area contributed by atoms with Crippen molar-refractivity contribution in [2.24, 2.45) is 0 Å². The van der Waals surface area contributed by atoms with Gasteiger partial charge in [0.1, 0.15) is 0 Å². The Kier molecular flexibility index (Phi) is 7.68. The SMILES string of the molecule is CCN(CC)C(CNC(=O)c1ccc(C2SCCS2)cc1)c1ccccc1. The summed E-state index contributed by atoms with van der Waals surface area (Å²) in [6.07, 6.45) is 0. The fourth-order valence-corrected chi connectivity index (χ4v) is 6.29. The van der Waals surface area contributed by atoms with Gasteiger partial charge in [-0.2, -0.15) is 0 Å². The summed E-state index contributed by atoms with van der Waals surface area (Å²) in [6.45, 7) is 6.85. The third-order valence-corrected chi connectivity index (χ3v) is 8.06. The quantitative estimate of drug-likeness (QED) is 0.677. The van der Waals surface area contributed by atoms with Crippen LogP contribution in [-0.2, 0) is 0 Å². The van der Waals surface area contributed by atoms with E-state index in [0.29, 0.717) is 11.1 Å². The van der Waals surface area contributed by atoms with E-state index in [1.165, 1.54) is 22.6 Å². The summed E-state index contributed by atoms with van der Waals surface area (Å²) < 4.78 is 0.521. The molecule has 5 heteroatoms. The van der Waals surface area contributed by atoms with Crippen LogP contribution >= 0.6 is 23.5 Å². The van der Waals surface area contributed by atoms with Gasteiger partial charge in [0.15, 0.2) is 0 Å². The maximum atomic E-state index is 12.7. The van der Waals surface area contributed by atoms with E-state index in [4.69, 9.17) is 0 Å². The fourth-order valence-electron chi connectivity index (χ4n) is 3.43. The molecule has 1 fully saturated rings. The number of rotatable bonds is 8. The first-order valence-corrected chi connectivity index (χ1v) is 11.7. The summed E-state index contributed by atoms with van der Waals surface area (Å²) >= 11 is 3.97. The van der Waals surface area contributed by atoms with Crippen molar-refractivity contribution in [3.63, 3.8) is 0 Å². The number of likely N-dealkylation sites (N-methyl/N-ethyl adjacent to an activating group) is 1. The molecule has 1 aliphatic rings. The topological polar surface area (TPSA) is 32.3 Å². The van der Waals surface area contributed by atoms with E-state index in [2.05, 4.69) is 60.5 Å². The largest absolute Gasteiger partial charge is 0.350 e. The number of hydrogen-bond donors (Lipinski definition) is 1. The van der Waals surface area contributed by atoms with Gasteiger partial charge in [-0.25, -0.2) is 0 Å². The maximum absolute atomic E-state index is 12.7. The van der Waals surface area contributed by atoms with Crippen molar-refractivity contribution in [2.45, 2.75) is 24.5 Å². The molecule has 0 saturated carbocycles. The van der Waals surface area contributed by atoms with Gasteiger partial charge in [-0.15, -0.1) is 23.5 Å². The molecule has 1 atom stereocenters. The molecule has 2 aromatic carbocycles. The van der Waals surface area contributed by atoms with Crippen molar-refractivity contribution in [3.8, 4) is 0 Å². The number of thioether (sulfide) groups is 2. The molecule has 0 aliphatic carbocycles. The average Bonchev–Trinajstić information content (AvgIpc) is 3.26. The van der Waals surface area contributed by atoms with Crippen molar-refractivity contribution >= 4 is 29.4 Å². The minimum absolute atomic E-state index is 0.00126. The van der Waals surface area contributed by atoms with E-state index in [1.807, 2.05) is 41.7 Å². The molecule has 0 radical (unpaired) electrons. The highest BCUT2D eigenvalue weighted by atomic mass is 32.2. The first-order chi connectivity index (χ1) is 13.2. The van der Waals surface area contributed by atoms with Gasteiger partial charge in [0.2, 0.25) is 0 Å². The van der Waals surface area contributed by atoms with E-state index >= 15 is 0 Å². The predicted molar refractivity (Wildman–Crippen MR) is 119 cm³/mol. The number of carbonyl (C=O) groups is 1. The second-order valence-corrected chi connectivity index (χ2v) is 9.28. The van der Waals surface area contributed by atoms with Gasteiger partial charge < -0.3 is 5.32 Å². The fraction of sp³-hybridized carbons (Fsp3) is 0.409. The van der Waals surface area contributed by atoms with Crippen LogP contribution in [0.4, 0.5) is 0 Å². The molecule has 3 nitrogen and oxygen atoms in total. The molecule has 1 heterocycles. The number of nitrogens with one attached hydrogen (secondary N) is 1. The molecule has 0 spiro atoms. The third-order valence-electron chi connectivity index (χ3n) is 4.96. The summed E-state index contributed by atoms with van der Waals surface area (Å²) in [5.41, 5.74) is 3.29. The molecule has 27 heavy (non-hydrogen) atoms. The summed E-state index contributed by atoms with van der Waals surface area (Å²) in [4.78, 5) is 15.1. The Bertz CT molecular complexity index is 711. The Hall–Kier alpha value is -1.43. The van der Waals surface area contributed by atoms with Crippen LogP contribution in [0, 0.1) is 0 Å². The monoisotopic (exact) mass is 400 g/mol. The number of benzene rings is 2. The average molecular weight is 401 g/mol. The minimum Gasteiger partial charge on any atom is -0.350 e. The highest BCUT2D eigenvalue weighted by Gasteiger charge is 2.20. The lowest BCUT2D eigenvalue weighted by atomic mass is 10.0. The second kappa shape index (κ2) is 10.2. The van der Waals surface area contributed by atoms with Crippen LogP contribution in [0.25, 0.3) is 0 Å². The highest BCUT2D eigenvalue weighted by Crippen LogP contribution is 2.45. The van der Waals surface area contributed by atoms with Crippen molar-refractivity contribution in [1.82, 2.24) is 10.2 Å². The first-order valence-electron chi connectivity index (χ1n) is 9.63. The molecule has 1 aliphatic heterocycles. The maximum Gasteiger partial charge on any atom is 0.251 e. The normalized spacial score (nSPS) is 15.8. The second-order valence-electron chi connectivity index (χ2n) is 6.55. The minimum atomic E-state index is 0.00126. The number of carbonyl (C=O) groups excluding carboxylic acids is 1. The number of amides is 1. The van der Waals surface area contributed by atoms with Crippen LogP contribution < -0.4 is 5.32 Å². The van der Waals surface area contributed by atoms with E-state index in [1.54, 1.807) is 0 Å². The Labute approximate surface area is 171 Å². The van der Waals surface area contributed by atoms with E-state index in [-0.39, 0.29) is 11.9 Å². The number of nitrogens with zero attached hydrogens (tertiary/aromatic N) is 1. The van der Waals surface area contributed by atoms with Crippen molar-refractivity contribution in [3.05, 3.63) is 71.3 Å². The van der Waals surface area contributed by atoms with E-state index in [0.717, 1.165) is 18.7 Å². The van der Waals surface area contributed by atoms with Gasteiger partial charge in [0, 0.05) is 23.6 Å². The molecule has 1 N–H and O–H groups in total. The van der Waals surface area contributed by atoms with Gasteiger partial charge in [-0.05, 0) is 36.3 Å². The van der Waals surface area contributed by atoms with Gasteiger partial charge in [0.05, 0.1) is 10.6 Å². The zero-order valence-electron chi connectivity index (χ0n) is 16.1. The van der Waals surface area contributed by atoms with Gasteiger partial charge in [0.25, 0.3) is 5.91 Å². The predicted octanol–water partition coefficient (Wildman–Crippen LogP) is 4.98. The summed E-state index contributed by atoms with van der Waals surface area (Å²) in [5, 5.41) is 3.14. The lowest BCUT2D eigenvalue weighted by Gasteiger charge is -2.30. The molecule has 3 rings (SSSR count). The Morgan fingerprint density at radius 1 is 1.04 bits per heavy atom. The van der Waals surface area contributed by atoms with Crippen molar-refractivity contribution in [1.29, 1.82) is 0 Å². The summed E-state index contributed by atoms with van der Waals surface area (Å²) in [5.74, 6) is 2.43. The van der Waals surface area contributed by atoms with Crippen molar-refractivity contribution < 1.29 is 4.79 Å². The van der Waals surface area contributed by atoms with Crippen LogP contribution in [0.2, 0.25) is 0 Å². The van der Waals surface area contributed by atoms with Gasteiger partial charge in [-0.1, -0.05) is 56.3 Å². The van der Waals surface area contributed by atoms with Crippen LogP contribution in [-0.4, -0.2) is 41.9 Å². The molecule has 1 unspecified atom stereocenters. The van der Waals surface area contributed by atoms with Gasteiger partial charge >= 0.3 is 0 Å². The molecule has 1 amide bonds. The first kappa shape index (κ1) is 20.3. The molecular weight excluding hydrogens is 372 g/mol. The Balaban J connectivity index is 1.64. The number of hydrogen-bond acceptors (Lipinski definition) is 4. The van der Waals surface area contributed by atoms with Crippen molar-refractivity contribution in [2.75, 3.05) is 31.1 Å². The molecule has 2 aromatic rings. The summed E-state index contributed by atoms with van der Waals surface area (Å²) in [6, 6.07) is 18.7. The lowest BCUT2D eigenvalue weighted by molar-refractivity contribution is 0.0935. The molecule has 144 valence electrons. The van der Waals surface area contributed by atoms with E-state index < -0.39 is 0 Å². The molecule has 1 saturated heterocycles. The van der Waals surface area contributed by atoms with Gasteiger partial charge in [-0.3, -0.25) is 9.69 Å². The van der Waals surface area contributed by atoms with E-state index in [9.17, 15) is 4.79 Å². The lowest BCUT2D eigenvalue weighted by Crippen LogP contribution is -2.38. The van der Waals surface area contributed by atoms with Crippen LogP contribution in [0.1, 0.15) is 46.0 Å². The smallest absolute Gasteiger partial charge is 0.251 e. The summed E-state index contributed by atoms with van der Waals surface area (Å²) in [7, 11) is 0. The Morgan fingerprint density at radius 3 is 2.26 bits per heavy atom. The third kappa shape index (κ3) is 5.31. The standard InChI is InChI=1S/C22H28N2OS2/c1-3-24(4-2)20(17-8-6-5-7-9-17)16-23-21(25)18-10-12-19(13-11-18)22-26-14-15-27-22/h5-13,20,22H,3-4,14-16H2,1-2H3,(H,23,25). The van der Waals surface area contributed by atoms with Crippen LogP contribution in [0.15, 0.2) is 54.6 Å². The molecular formula is C22H28N2OS2.